The van der Waals surface area contributed by atoms with Gasteiger partial charge in [0.05, 0.1) is 4.91 Å². The molecule has 1 aliphatic carbocycles. The van der Waals surface area contributed by atoms with Gasteiger partial charge in [-0.15, -0.1) is 11.8 Å². The molecule has 0 radical (unpaired) electrons. The van der Waals surface area contributed by atoms with Gasteiger partial charge in [-0.3, -0.25) is 9.59 Å². The molecule has 0 aromatic heterocycles. The van der Waals surface area contributed by atoms with Crippen molar-refractivity contribution in [2.45, 2.75) is 62.7 Å². The van der Waals surface area contributed by atoms with E-state index in [4.69, 9.17) is 11.6 Å². The Kier molecular flexibility index (Phi) is 8.55. The van der Waals surface area contributed by atoms with Gasteiger partial charge in [0.2, 0.25) is 5.91 Å². The van der Waals surface area contributed by atoms with Crippen molar-refractivity contribution in [1.82, 2.24) is 15.1 Å². The molecule has 3 aliphatic rings. The third kappa shape index (κ3) is 6.30. The van der Waals surface area contributed by atoms with E-state index in [1.54, 1.807) is 11.8 Å². The quantitative estimate of drug-likeness (QED) is 0.613. The number of carbonyl (C=O) groups excluding carboxylic acids is 2. The van der Waals surface area contributed by atoms with Crippen LogP contribution in [0, 0.1) is 0 Å². The van der Waals surface area contributed by atoms with Crippen LogP contribution in [0.15, 0.2) is 29.2 Å². The smallest absolute Gasteiger partial charge is 0.261 e. The van der Waals surface area contributed by atoms with E-state index < -0.39 is 0 Å². The highest BCUT2D eigenvalue weighted by molar-refractivity contribution is 8.04. The first kappa shape index (κ1) is 23.7. The van der Waals surface area contributed by atoms with E-state index in [1.807, 2.05) is 35.2 Å². The molecule has 2 atom stereocenters. The number of carbonyl (C=O) groups is 2. The summed E-state index contributed by atoms with van der Waals surface area (Å²) in [4.78, 5) is 31.2. The predicted octanol–water partition coefficient (Wildman–Crippen LogP) is 4.56. The Morgan fingerprint density at radius 2 is 1.78 bits per heavy atom. The maximum absolute atomic E-state index is 13.4. The largest absolute Gasteiger partial charge is 0.353 e. The predicted molar refractivity (Wildman–Crippen MR) is 133 cm³/mol. The lowest BCUT2D eigenvalue weighted by atomic mass is 9.93. The first-order valence-corrected chi connectivity index (χ1v) is 13.3. The zero-order valence-electron chi connectivity index (χ0n) is 18.7. The van der Waals surface area contributed by atoms with Gasteiger partial charge in [0.1, 0.15) is 6.54 Å². The number of nitrogens with one attached hydrogen (secondary N) is 1. The summed E-state index contributed by atoms with van der Waals surface area (Å²) < 4.78 is 0. The molecule has 2 unspecified atom stereocenters. The minimum Gasteiger partial charge on any atom is -0.353 e. The number of benzene rings is 1. The van der Waals surface area contributed by atoms with Gasteiger partial charge >= 0.3 is 0 Å². The van der Waals surface area contributed by atoms with E-state index in [0.717, 1.165) is 49.4 Å². The van der Waals surface area contributed by atoms with E-state index >= 15 is 0 Å². The number of likely N-dealkylation sites (tertiary alicyclic amines) is 1. The molecule has 7 heteroatoms. The van der Waals surface area contributed by atoms with E-state index in [-0.39, 0.29) is 24.4 Å². The summed E-state index contributed by atoms with van der Waals surface area (Å²) in [6, 6.07) is 7.68. The van der Waals surface area contributed by atoms with Crippen LogP contribution >= 0.6 is 23.4 Å². The molecule has 1 saturated carbocycles. The van der Waals surface area contributed by atoms with Crippen LogP contribution in [0.5, 0.6) is 0 Å². The number of amides is 2. The van der Waals surface area contributed by atoms with E-state index in [2.05, 4.69) is 10.2 Å². The van der Waals surface area contributed by atoms with Crippen molar-refractivity contribution in [3.63, 3.8) is 0 Å². The fraction of sp³-hybridized carbons (Fsp3) is 0.600. The first-order valence-electron chi connectivity index (χ1n) is 12.0. The Labute approximate surface area is 200 Å². The molecule has 3 fully saturated rings. The van der Waals surface area contributed by atoms with Crippen LogP contribution < -0.4 is 5.32 Å². The fourth-order valence-electron chi connectivity index (χ4n) is 5.00. The number of hydrogen-bond donors (Lipinski definition) is 1. The van der Waals surface area contributed by atoms with Crippen molar-refractivity contribution < 1.29 is 9.59 Å². The second kappa shape index (κ2) is 11.6. The molecule has 2 heterocycles. The Bertz CT molecular complexity index is 821. The van der Waals surface area contributed by atoms with Gasteiger partial charge in [-0.05, 0) is 62.5 Å². The molecule has 1 aromatic rings. The van der Waals surface area contributed by atoms with Crippen LogP contribution in [0.25, 0.3) is 6.08 Å². The van der Waals surface area contributed by atoms with Gasteiger partial charge in [-0.1, -0.05) is 49.4 Å². The Balaban J connectivity index is 1.38. The number of fused-ring (bicyclic) bond motifs is 1. The monoisotopic (exact) mass is 475 g/mol. The maximum Gasteiger partial charge on any atom is 0.261 e. The minimum absolute atomic E-state index is 0.0178. The summed E-state index contributed by atoms with van der Waals surface area (Å²) in [7, 11) is 0. The first-order chi connectivity index (χ1) is 15.6. The summed E-state index contributed by atoms with van der Waals surface area (Å²) >= 11 is 7.70. The minimum atomic E-state index is -0.0461. The Hall–Kier alpha value is -1.50. The van der Waals surface area contributed by atoms with Gasteiger partial charge in [-0.2, -0.15) is 0 Å². The molecule has 5 nitrogen and oxygen atoms in total. The van der Waals surface area contributed by atoms with Crippen LogP contribution in [0.4, 0.5) is 0 Å². The normalized spacial score (nSPS) is 26.0. The molecule has 1 aromatic carbocycles. The fourth-order valence-corrected chi connectivity index (χ4v) is 6.59. The molecular weight excluding hydrogens is 442 g/mol. The molecule has 174 valence electrons. The Morgan fingerprint density at radius 1 is 1.06 bits per heavy atom. The van der Waals surface area contributed by atoms with Crippen molar-refractivity contribution in [3.8, 4) is 0 Å². The second-order valence-corrected chi connectivity index (χ2v) is 10.8. The summed E-state index contributed by atoms with van der Waals surface area (Å²) in [5, 5.41) is 4.12. The zero-order chi connectivity index (χ0) is 22.3. The summed E-state index contributed by atoms with van der Waals surface area (Å²) in [5.74, 6) is -0.0639. The number of thioether (sulfide) groups is 1. The van der Waals surface area contributed by atoms with Gasteiger partial charge in [-0.25, -0.2) is 0 Å². The molecule has 0 bridgehead atoms. The number of nitrogens with zero attached hydrogens (tertiary/aromatic N) is 2. The molecule has 4 rings (SSSR count). The number of rotatable bonds is 6. The van der Waals surface area contributed by atoms with E-state index in [0.29, 0.717) is 16.8 Å². The van der Waals surface area contributed by atoms with Crippen molar-refractivity contribution in [2.75, 3.05) is 32.7 Å². The summed E-state index contributed by atoms with van der Waals surface area (Å²) in [6.45, 7) is 3.94. The van der Waals surface area contributed by atoms with Crippen LogP contribution in [-0.2, 0) is 9.59 Å². The lowest BCUT2D eigenvalue weighted by molar-refractivity contribution is -0.135. The highest BCUT2D eigenvalue weighted by Crippen LogP contribution is 2.42. The third-order valence-corrected chi connectivity index (χ3v) is 8.40. The number of halogens is 1. The molecule has 2 aliphatic heterocycles. The zero-order valence-corrected chi connectivity index (χ0v) is 20.3. The highest BCUT2D eigenvalue weighted by Gasteiger charge is 2.41. The third-order valence-electron chi connectivity index (χ3n) is 6.75. The van der Waals surface area contributed by atoms with Gasteiger partial charge in [0.15, 0.2) is 0 Å². The standard InChI is InChI=1S/C25H34ClN3O2S/c26-20-11-9-19(10-12-20)17-23-25(31)29(21-7-3-4-8-22(21)32-23)18-24(30)27-13-16-28-14-5-1-2-6-15-28/h9-12,17,21-22H,1-8,13-16,18H2,(H,27,30)/b23-17+. The van der Waals surface area contributed by atoms with E-state index in [1.165, 1.54) is 32.1 Å². The average Bonchev–Trinajstić information content (AvgIpc) is 3.07. The van der Waals surface area contributed by atoms with Gasteiger partial charge in [0, 0.05) is 29.4 Å². The van der Waals surface area contributed by atoms with Gasteiger partial charge in [0.25, 0.3) is 5.91 Å². The SMILES string of the molecule is O=C(CN1C(=O)/C(=C\c2ccc(Cl)cc2)SC2CCCCC21)NCCN1CCCCCC1. The van der Waals surface area contributed by atoms with Crippen molar-refractivity contribution in [2.24, 2.45) is 0 Å². The highest BCUT2D eigenvalue weighted by atomic mass is 35.5. The topological polar surface area (TPSA) is 52.7 Å². The summed E-state index contributed by atoms with van der Waals surface area (Å²) in [6.07, 6.45) is 11.5. The molecule has 2 saturated heterocycles. The van der Waals surface area contributed by atoms with Crippen molar-refractivity contribution >= 4 is 41.3 Å². The van der Waals surface area contributed by atoms with Crippen molar-refractivity contribution in [3.05, 3.63) is 39.8 Å². The molecule has 2 amide bonds. The summed E-state index contributed by atoms with van der Waals surface area (Å²) in [5.41, 5.74) is 0.960. The number of hydrogen-bond acceptors (Lipinski definition) is 4. The molecule has 1 N–H and O–H groups in total. The molecule has 0 spiro atoms. The Morgan fingerprint density at radius 3 is 2.53 bits per heavy atom. The van der Waals surface area contributed by atoms with Crippen LogP contribution in [0.1, 0.15) is 56.9 Å². The second-order valence-electron chi connectivity index (χ2n) is 9.11. The van der Waals surface area contributed by atoms with Crippen LogP contribution in [0.2, 0.25) is 5.02 Å². The van der Waals surface area contributed by atoms with Gasteiger partial charge < -0.3 is 15.1 Å². The van der Waals surface area contributed by atoms with E-state index in [9.17, 15) is 9.59 Å². The van der Waals surface area contributed by atoms with Crippen LogP contribution in [-0.4, -0.2) is 65.6 Å². The lowest BCUT2D eigenvalue weighted by Crippen LogP contribution is -2.54. The van der Waals surface area contributed by atoms with Crippen LogP contribution in [0.3, 0.4) is 0 Å². The lowest BCUT2D eigenvalue weighted by Gasteiger charge is -2.43. The maximum atomic E-state index is 13.4. The average molecular weight is 476 g/mol. The molecular formula is C25H34ClN3O2S. The molecule has 32 heavy (non-hydrogen) atoms. The van der Waals surface area contributed by atoms with Crippen molar-refractivity contribution in [1.29, 1.82) is 0 Å².